The number of nitrogens with zero attached hydrogens (tertiary/aromatic N) is 6. The number of pyridine rings is 1. The monoisotopic (exact) mass is 445 g/mol. The summed E-state index contributed by atoms with van der Waals surface area (Å²) in [6, 6.07) is 10.1. The van der Waals surface area contributed by atoms with Crippen molar-refractivity contribution in [3.8, 4) is 0 Å². The molecule has 7 nitrogen and oxygen atoms in total. The zero-order chi connectivity index (χ0) is 20.8. The molecule has 30 heavy (non-hydrogen) atoms. The average molecular weight is 446 g/mol. The van der Waals surface area contributed by atoms with Crippen LogP contribution in [0.5, 0.6) is 0 Å². The predicted octanol–water partition coefficient (Wildman–Crippen LogP) is 3.16. The number of aryl methyl sites for hydroxylation is 1. The number of thiophene rings is 1. The van der Waals surface area contributed by atoms with Gasteiger partial charge in [0.2, 0.25) is 0 Å². The molecule has 3 aromatic rings. The highest BCUT2D eigenvalue weighted by atomic mass is 35.5. The van der Waals surface area contributed by atoms with Gasteiger partial charge in [-0.3, -0.25) is 14.3 Å². The summed E-state index contributed by atoms with van der Waals surface area (Å²) in [7, 11) is 0. The Labute approximate surface area is 186 Å². The highest BCUT2D eigenvalue weighted by Crippen LogP contribution is 2.23. The normalized spacial score (nSPS) is 15.8. The Morgan fingerprint density at radius 2 is 2.03 bits per heavy atom. The molecule has 0 unspecified atom stereocenters. The number of nitrogens with one attached hydrogen (secondary N) is 1. The smallest absolute Gasteiger partial charge is 0.194 e. The van der Waals surface area contributed by atoms with Crippen molar-refractivity contribution in [2.24, 2.45) is 4.99 Å². The second-order valence-electron chi connectivity index (χ2n) is 7.35. The number of halogens is 1. The van der Waals surface area contributed by atoms with Crippen LogP contribution in [0.4, 0.5) is 0 Å². The predicted molar refractivity (Wildman–Crippen MR) is 123 cm³/mol. The van der Waals surface area contributed by atoms with Crippen molar-refractivity contribution >= 4 is 34.5 Å². The fourth-order valence-electron chi connectivity index (χ4n) is 3.68. The third-order valence-electron chi connectivity index (χ3n) is 5.22. The van der Waals surface area contributed by atoms with Crippen LogP contribution in [0.15, 0.2) is 41.5 Å². The van der Waals surface area contributed by atoms with Gasteiger partial charge >= 0.3 is 0 Å². The molecule has 4 heterocycles. The molecule has 1 saturated heterocycles. The summed E-state index contributed by atoms with van der Waals surface area (Å²) in [6.07, 6.45) is 3.83. The van der Waals surface area contributed by atoms with Crippen LogP contribution in [-0.4, -0.2) is 69.6 Å². The van der Waals surface area contributed by atoms with Gasteiger partial charge in [0.1, 0.15) is 5.82 Å². The maximum Gasteiger partial charge on any atom is 0.194 e. The number of guanidine groups is 1. The van der Waals surface area contributed by atoms with E-state index in [2.05, 4.69) is 42.7 Å². The third-order valence-corrected chi connectivity index (χ3v) is 6.44. The molecule has 9 heteroatoms. The standard InChI is InChI=1S/C21H28ClN7S/c1-2-23-21(24-10-5-7-20-26-25-19-6-3-4-11-29(19)20)28-14-12-27(13-15-28)16-17-8-9-18(22)30-17/h3-4,6,8-9,11H,2,5,7,10,12-16H2,1H3,(H,23,24). The first-order valence-electron chi connectivity index (χ1n) is 10.5. The first-order chi connectivity index (χ1) is 14.7. The summed E-state index contributed by atoms with van der Waals surface area (Å²) in [4.78, 5) is 11.1. The first-order valence-corrected chi connectivity index (χ1v) is 11.7. The van der Waals surface area contributed by atoms with Gasteiger partial charge in [-0.25, -0.2) is 0 Å². The van der Waals surface area contributed by atoms with Crippen molar-refractivity contribution < 1.29 is 0 Å². The van der Waals surface area contributed by atoms with E-state index in [4.69, 9.17) is 16.6 Å². The third kappa shape index (κ3) is 5.30. The van der Waals surface area contributed by atoms with Crippen LogP contribution in [0.1, 0.15) is 24.0 Å². The fraction of sp³-hybridized carbons (Fsp3) is 0.476. The zero-order valence-electron chi connectivity index (χ0n) is 17.3. The van der Waals surface area contributed by atoms with Gasteiger partial charge in [-0.15, -0.1) is 21.5 Å². The molecule has 0 spiro atoms. The van der Waals surface area contributed by atoms with E-state index in [1.807, 2.05) is 30.5 Å². The van der Waals surface area contributed by atoms with Gasteiger partial charge in [-0.1, -0.05) is 17.7 Å². The number of rotatable bonds is 7. The van der Waals surface area contributed by atoms with Crippen LogP contribution in [0.2, 0.25) is 4.34 Å². The second kappa shape index (κ2) is 10.2. The van der Waals surface area contributed by atoms with E-state index >= 15 is 0 Å². The maximum atomic E-state index is 6.06. The van der Waals surface area contributed by atoms with E-state index in [0.717, 1.165) is 80.4 Å². The minimum Gasteiger partial charge on any atom is -0.357 e. The summed E-state index contributed by atoms with van der Waals surface area (Å²) in [5.41, 5.74) is 0.895. The lowest BCUT2D eigenvalue weighted by Crippen LogP contribution is -2.52. The molecule has 160 valence electrons. The average Bonchev–Trinajstić information content (AvgIpc) is 3.37. The molecule has 1 aliphatic heterocycles. The molecule has 1 aliphatic rings. The Kier molecular flexibility index (Phi) is 7.20. The molecule has 0 aromatic carbocycles. The van der Waals surface area contributed by atoms with Crippen molar-refractivity contribution in [3.63, 3.8) is 0 Å². The molecule has 0 atom stereocenters. The number of aliphatic imine (C=N–C) groups is 1. The van der Waals surface area contributed by atoms with Crippen LogP contribution >= 0.6 is 22.9 Å². The number of piperazine rings is 1. The largest absolute Gasteiger partial charge is 0.357 e. The molecule has 3 aromatic heterocycles. The lowest BCUT2D eigenvalue weighted by molar-refractivity contribution is 0.173. The topological polar surface area (TPSA) is 61.1 Å². The Morgan fingerprint density at radius 1 is 1.17 bits per heavy atom. The van der Waals surface area contributed by atoms with Crippen molar-refractivity contribution in [2.75, 3.05) is 39.3 Å². The van der Waals surface area contributed by atoms with Crippen LogP contribution in [0.25, 0.3) is 5.65 Å². The SMILES string of the molecule is CCNC(=NCCCc1nnc2ccccn12)N1CCN(Cc2ccc(Cl)s2)CC1. The van der Waals surface area contributed by atoms with Crippen LogP contribution in [0.3, 0.4) is 0 Å². The molecular formula is C21H28ClN7S. The van der Waals surface area contributed by atoms with Gasteiger partial charge < -0.3 is 10.2 Å². The van der Waals surface area contributed by atoms with E-state index in [0.29, 0.717) is 0 Å². The lowest BCUT2D eigenvalue weighted by atomic mass is 10.3. The summed E-state index contributed by atoms with van der Waals surface area (Å²) >= 11 is 7.73. The van der Waals surface area contributed by atoms with Crippen LogP contribution in [-0.2, 0) is 13.0 Å². The zero-order valence-corrected chi connectivity index (χ0v) is 18.9. The van der Waals surface area contributed by atoms with Crippen molar-refractivity contribution in [3.05, 3.63) is 51.6 Å². The molecule has 0 amide bonds. The lowest BCUT2D eigenvalue weighted by Gasteiger charge is -2.36. The molecular weight excluding hydrogens is 418 g/mol. The summed E-state index contributed by atoms with van der Waals surface area (Å²) in [5.74, 6) is 2.01. The molecule has 4 rings (SSSR count). The molecule has 1 fully saturated rings. The molecule has 0 aliphatic carbocycles. The number of fused-ring (bicyclic) bond motifs is 1. The summed E-state index contributed by atoms with van der Waals surface area (Å²) in [5, 5.41) is 12.0. The second-order valence-corrected chi connectivity index (χ2v) is 9.15. The highest BCUT2D eigenvalue weighted by Gasteiger charge is 2.20. The van der Waals surface area contributed by atoms with Gasteiger partial charge in [0, 0.05) is 63.3 Å². The van der Waals surface area contributed by atoms with Gasteiger partial charge in [0.05, 0.1) is 4.34 Å². The Balaban J connectivity index is 1.27. The quantitative estimate of drug-likeness (QED) is 0.344. The number of hydrogen-bond donors (Lipinski definition) is 1. The Hall–Kier alpha value is -2.16. The summed E-state index contributed by atoms with van der Waals surface area (Å²) < 4.78 is 2.92. The van der Waals surface area contributed by atoms with Crippen molar-refractivity contribution in [1.82, 2.24) is 29.7 Å². The first kappa shape index (κ1) is 21.1. The van der Waals surface area contributed by atoms with Gasteiger partial charge in [0.15, 0.2) is 11.6 Å². The maximum absolute atomic E-state index is 6.06. The fourth-order valence-corrected chi connectivity index (χ4v) is 4.81. The van der Waals surface area contributed by atoms with Crippen molar-refractivity contribution in [2.45, 2.75) is 26.3 Å². The summed E-state index contributed by atoms with van der Waals surface area (Å²) in [6.45, 7) is 8.79. The number of aromatic nitrogens is 3. The molecule has 0 radical (unpaired) electrons. The van der Waals surface area contributed by atoms with Gasteiger partial charge in [0.25, 0.3) is 0 Å². The molecule has 0 bridgehead atoms. The van der Waals surface area contributed by atoms with E-state index < -0.39 is 0 Å². The van der Waals surface area contributed by atoms with E-state index in [-0.39, 0.29) is 0 Å². The minimum absolute atomic E-state index is 0.776. The van der Waals surface area contributed by atoms with E-state index in [1.165, 1.54) is 4.88 Å². The Bertz CT molecular complexity index is 975. The highest BCUT2D eigenvalue weighted by molar-refractivity contribution is 7.16. The van der Waals surface area contributed by atoms with Gasteiger partial charge in [-0.05, 0) is 37.6 Å². The molecule has 1 N–H and O–H groups in total. The van der Waals surface area contributed by atoms with Crippen molar-refractivity contribution in [1.29, 1.82) is 0 Å². The Morgan fingerprint density at radius 3 is 2.80 bits per heavy atom. The molecule has 0 saturated carbocycles. The van der Waals surface area contributed by atoms with Crippen LogP contribution < -0.4 is 5.32 Å². The number of hydrogen-bond acceptors (Lipinski definition) is 5. The van der Waals surface area contributed by atoms with Crippen LogP contribution in [0, 0.1) is 0 Å². The van der Waals surface area contributed by atoms with E-state index in [9.17, 15) is 0 Å². The van der Waals surface area contributed by atoms with E-state index in [1.54, 1.807) is 11.3 Å². The minimum atomic E-state index is 0.776. The van der Waals surface area contributed by atoms with Gasteiger partial charge in [-0.2, -0.15) is 0 Å².